The second kappa shape index (κ2) is 6.92. The van der Waals surface area contributed by atoms with Crippen molar-refractivity contribution in [2.75, 3.05) is 13.1 Å². The zero-order valence-electron chi connectivity index (χ0n) is 14.9. The maximum Gasteiger partial charge on any atom is 0.264 e. The lowest BCUT2D eigenvalue weighted by Crippen LogP contribution is -2.42. The second-order valence-corrected chi connectivity index (χ2v) is 9.25. The Bertz CT molecular complexity index is 927. The maximum absolute atomic E-state index is 13.2. The number of thioether (sulfide) groups is 1. The van der Waals surface area contributed by atoms with Gasteiger partial charge in [-0.15, -0.1) is 16.4 Å². The van der Waals surface area contributed by atoms with Crippen LogP contribution >= 0.6 is 23.1 Å². The number of hydrogen-bond acceptors (Lipinski definition) is 7. The predicted molar refractivity (Wildman–Crippen MR) is 105 cm³/mol. The Hall–Kier alpha value is -1.90. The highest BCUT2D eigenvalue weighted by molar-refractivity contribution is 8.01. The van der Waals surface area contributed by atoms with Gasteiger partial charge in [0.05, 0.1) is 12.3 Å². The van der Waals surface area contributed by atoms with Crippen LogP contribution in [0.25, 0.3) is 11.6 Å². The Morgan fingerprint density at radius 2 is 2.11 bits per heavy atom. The lowest BCUT2D eigenvalue weighted by Gasteiger charge is -2.38. The molecule has 3 aromatic rings. The largest absolute Gasteiger partial charge is 0.461 e. The molecule has 2 aliphatic rings. The number of hydrogen-bond donors (Lipinski definition) is 0. The predicted octanol–water partition coefficient (Wildman–Crippen LogP) is 4.19. The van der Waals surface area contributed by atoms with Crippen molar-refractivity contribution in [3.05, 3.63) is 40.8 Å². The van der Waals surface area contributed by atoms with Crippen molar-refractivity contribution in [2.45, 2.75) is 36.2 Å². The van der Waals surface area contributed by atoms with Crippen LogP contribution in [-0.4, -0.2) is 43.9 Å². The Labute approximate surface area is 165 Å². The molecule has 5 heterocycles. The number of nitrogens with zero attached hydrogens (tertiary/aromatic N) is 4. The van der Waals surface area contributed by atoms with E-state index in [0.717, 1.165) is 19.0 Å². The molecule has 0 spiro atoms. The minimum absolute atomic E-state index is 0.0114. The summed E-state index contributed by atoms with van der Waals surface area (Å²) in [6.45, 7) is 4.37. The van der Waals surface area contributed by atoms with Crippen LogP contribution in [0.15, 0.2) is 45.5 Å². The smallest absolute Gasteiger partial charge is 0.264 e. The van der Waals surface area contributed by atoms with Crippen LogP contribution in [0.5, 0.6) is 0 Å². The molecular weight excluding hydrogens is 380 g/mol. The Balaban J connectivity index is 1.44. The molecule has 0 radical (unpaired) electrons. The molecule has 1 saturated heterocycles. The molecule has 0 saturated carbocycles. The van der Waals surface area contributed by atoms with Gasteiger partial charge in [0.2, 0.25) is 5.82 Å². The van der Waals surface area contributed by atoms with Crippen molar-refractivity contribution in [1.29, 1.82) is 0 Å². The molecule has 0 N–H and O–H groups in total. The summed E-state index contributed by atoms with van der Waals surface area (Å²) in [7, 11) is 0. The molecule has 0 aromatic carbocycles. The Morgan fingerprint density at radius 1 is 1.26 bits per heavy atom. The fourth-order valence-corrected chi connectivity index (χ4v) is 6.03. The van der Waals surface area contributed by atoms with Gasteiger partial charge in [0.25, 0.3) is 5.91 Å². The number of fused-ring (bicyclic) bond motifs is 1. The highest BCUT2D eigenvalue weighted by Gasteiger charge is 2.44. The van der Waals surface area contributed by atoms with E-state index < -0.39 is 0 Å². The number of aromatic nitrogens is 3. The van der Waals surface area contributed by atoms with E-state index in [4.69, 9.17) is 4.42 Å². The highest BCUT2D eigenvalue weighted by Crippen LogP contribution is 2.43. The van der Waals surface area contributed by atoms with Gasteiger partial charge in [0.1, 0.15) is 5.25 Å². The number of piperidine rings is 1. The van der Waals surface area contributed by atoms with Gasteiger partial charge >= 0.3 is 0 Å². The van der Waals surface area contributed by atoms with Crippen molar-refractivity contribution in [3.8, 4) is 11.6 Å². The highest BCUT2D eigenvalue weighted by atomic mass is 32.2. The zero-order valence-corrected chi connectivity index (χ0v) is 16.6. The third-order valence-electron chi connectivity index (χ3n) is 5.34. The average molecular weight is 401 g/mol. The third kappa shape index (κ3) is 3.05. The topological polar surface area (TPSA) is 64.2 Å². The maximum atomic E-state index is 13.2. The van der Waals surface area contributed by atoms with E-state index in [-0.39, 0.29) is 17.2 Å². The lowest BCUT2D eigenvalue weighted by atomic mass is 9.96. The number of thiophene rings is 1. The van der Waals surface area contributed by atoms with E-state index in [1.807, 2.05) is 0 Å². The van der Waals surface area contributed by atoms with Gasteiger partial charge in [0.15, 0.2) is 10.9 Å². The number of carbonyl (C=O) groups excluding carboxylic acids is 1. The lowest BCUT2D eigenvalue weighted by molar-refractivity contribution is 0.0803. The van der Waals surface area contributed by atoms with Gasteiger partial charge < -0.3 is 4.42 Å². The summed E-state index contributed by atoms with van der Waals surface area (Å²) in [6.07, 6.45) is 3.95. The average Bonchev–Trinajstić information content (AvgIpc) is 3.44. The summed E-state index contributed by atoms with van der Waals surface area (Å²) in [5.41, 5.74) is 0. The molecule has 27 heavy (non-hydrogen) atoms. The first-order valence-corrected chi connectivity index (χ1v) is 11.0. The summed E-state index contributed by atoms with van der Waals surface area (Å²) in [4.78, 5) is 21.5. The number of furan rings is 1. The van der Waals surface area contributed by atoms with E-state index >= 15 is 0 Å². The Morgan fingerprint density at radius 3 is 2.78 bits per heavy atom. The molecule has 0 amide bonds. The summed E-state index contributed by atoms with van der Waals surface area (Å²) in [5, 5.41) is 6.95. The Kier molecular flexibility index (Phi) is 4.41. The molecule has 2 unspecified atom stereocenters. The van der Waals surface area contributed by atoms with Gasteiger partial charge in [-0.3, -0.25) is 9.69 Å². The molecule has 5 rings (SSSR count). The quantitative estimate of drug-likeness (QED) is 0.654. The van der Waals surface area contributed by atoms with E-state index in [9.17, 15) is 4.79 Å². The van der Waals surface area contributed by atoms with Crippen LogP contribution in [-0.2, 0) is 0 Å². The normalized spacial score (nSPS) is 22.3. The second-order valence-electron chi connectivity index (χ2n) is 7.16. The first-order chi connectivity index (χ1) is 13.2. The third-order valence-corrected chi connectivity index (χ3v) is 7.47. The van der Waals surface area contributed by atoms with Gasteiger partial charge in [-0.05, 0) is 55.4 Å². The van der Waals surface area contributed by atoms with Gasteiger partial charge in [-0.2, -0.15) is 9.67 Å². The monoisotopic (exact) mass is 400 g/mol. The van der Waals surface area contributed by atoms with Crippen LogP contribution in [0.2, 0.25) is 0 Å². The zero-order chi connectivity index (χ0) is 18.4. The number of carbonyl (C=O) groups is 1. The van der Waals surface area contributed by atoms with Gasteiger partial charge in [-0.25, -0.2) is 0 Å². The molecular formula is C19H20N4O2S2. The van der Waals surface area contributed by atoms with Crippen LogP contribution in [0.4, 0.5) is 0 Å². The summed E-state index contributed by atoms with van der Waals surface area (Å²) in [5.74, 6) is 1.82. The minimum atomic E-state index is -0.210. The molecule has 2 atom stereocenters. The SMILES string of the molecule is CC1CCN(C(c2cccs2)C2Sc3nc(-c4ccco4)nn3C2=O)CC1. The first-order valence-electron chi connectivity index (χ1n) is 9.20. The molecule has 8 heteroatoms. The summed E-state index contributed by atoms with van der Waals surface area (Å²) >= 11 is 3.25. The van der Waals surface area contributed by atoms with Crippen molar-refractivity contribution in [3.63, 3.8) is 0 Å². The van der Waals surface area contributed by atoms with Crippen molar-refractivity contribution in [1.82, 2.24) is 19.7 Å². The first kappa shape index (κ1) is 17.2. The molecule has 6 nitrogen and oxygen atoms in total. The fraction of sp³-hybridized carbons (Fsp3) is 0.421. The van der Waals surface area contributed by atoms with Crippen LogP contribution < -0.4 is 0 Å². The molecule has 140 valence electrons. The molecule has 2 aliphatic heterocycles. The summed E-state index contributed by atoms with van der Waals surface area (Å²) < 4.78 is 6.82. The molecule has 0 aliphatic carbocycles. The molecule has 0 bridgehead atoms. The number of rotatable bonds is 4. The van der Waals surface area contributed by atoms with Gasteiger partial charge in [-0.1, -0.05) is 24.8 Å². The van der Waals surface area contributed by atoms with Crippen molar-refractivity contribution >= 4 is 29.0 Å². The van der Waals surface area contributed by atoms with Crippen LogP contribution in [0.1, 0.15) is 35.5 Å². The van der Waals surface area contributed by atoms with Gasteiger partial charge in [0, 0.05) is 4.88 Å². The van der Waals surface area contributed by atoms with Crippen LogP contribution in [0.3, 0.4) is 0 Å². The van der Waals surface area contributed by atoms with Crippen molar-refractivity contribution < 1.29 is 9.21 Å². The molecule has 3 aromatic heterocycles. The molecule has 1 fully saturated rings. The number of likely N-dealkylation sites (tertiary alicyclic amines) is 1. The standard InChI is InChI=1S/C19H20N4O2S2/c1-12-6-8-22(9-7-12)15(14-5-3-11-26-14)16-18(24)23-19(27-16)20-17(21-23)13-4-2-10-25-13/h2-5,10-12,15-16H,6-9H2,1H3. The van der Waals surface area contributed by atoms with E-state index in [2.05, 4.69) is 39.4 Å². The van der Waals surface area contributed by atoms with E-state index in [1.54, 1.807) is 29.7 Å². The summed E-state index contributed by atoms with van der Waals surface area (Å²) in [6, 6.07) is 7.88. The van der Waals surface area contributed by atoms with E-state index in [1.165, 1.54) is 34.2 Å². The fourth-order valence-electron chi connectivity index (χ4n) is 3.80. The minimum Gasteiger partial charge on any atom is -0.461 e. The van der Waals surface area contributed by atoms with Crippen molar-refractivity contribution in [2.24, 2.45) is 5.92 Å². The van der Waals surface area contributed by atoms with E-state index in [0.29, 0.717) is 16.7 Å². The van der Waals surface area contributed by atoms with Crippen LogP contribution in [0, 0.1) is 5.92 Å².